The number of rotatable bonds is 5. The molecule has 0 bridgehead atoms. The van der Waals surface area contributed by atoms with E-state index in [1.165, 1.54) is 23.1 Å². The Morgan fingerprint density at radius 3 is 2.77 bits per heavy atom. The van der Waals surface area contributed by atoms with Crippen molar-refractivity contribution >= 4 is 79.9 Å². The molecule has 3 rings (SSSR count). The van der Waals surface area contributed by atoms with E-state index in [1.54, 1.807) is 12.1 Å². The van der Waals surface area contributed by atoms with E-state index in [9.17, 15) is 4.79 Å². The van der Waals surface area contributed by atoms with E-state index >= 15 is 0 Å². The Kier molecular flexibility index (Phi) is 6.79. The molecule has 0 unspecified atom stereocenters. The summed E-state index contributed by atoms with van der Waals surface area (Å²) >= 11 is 17.1. The number of nitrogens with one attached hydrogen (secondary N) is 1. The van der Waals surface area contributed by atoms with Crippen LogP contribution in [-0.4, -0.2) is 16.1 Å². The van der Waals surface area contributed by atoms with Gasteiger partial charge in [-0.05, 0) is 59.3 Å². The van der Waals surface area contributed by atoms with E-state index < -0.39 is 0 Å². The molecule has 0 saturated carbocycles. The van der Waals surface area contributed by atoms with Gasteiger partial charge in [-0.15, -0.1) is 10.2 Å². The van der Waals surface area contributed by atoms with Crippen LogP contribution in [0.5, 0.6) is 0 Å². The number of amides is 1. The normalized spacial score (nSPS) is 10.8. The predicted molar refractivity (Wildman–Crippen MR) is 118 cm³/mol. The van der Waals surface area contributed by atoms with Crippen LogP contribution in [0.2, 0.25) is 10.0 Å². The maximum atomic E-state index is 12.4. The van der Waals surface area contributed by atoms with E-state index in [4.69, 9.17) is 23.2 Å². The Morgan fingerprint density at radius 1 is 1.23 bits per heavy atom. The number of carbonyl (C=O) groups is 1. The minimum Gasteiger partial charge on any atom is -0.296 e. The van der Waals surface area contributed by atoms with Crippen LogP contribution in [-0.2, 0) is 5.75 Å². The fourth-order valence-corrected chi connectivity index (χ4v) is 5.29. The number of halogens is 3. The molecule has 1 heterocycles. The standard InChI is InChI=1S/C17H12Cl2IN3OS2/c1-9-2-5-12(14(20)6-9)15(24)21-16-22-23-17(26-16)25-8-10-3-4-11(18)7-13(10)19/h2-7H,8H2,1H3,(H,21,22,24). The first kappa shape index (κ1) is 19.9. The number of anilines is 1. The summed E-state index contributed by atoms with van der Waals surface area (Å²) in [6.07, 6.45) is 0. The number of hydrogen-bond donors (Lipinski definition) is 1. The first-order valence-corrected chi connectivity index (χ1v) is 11.0. The van der Waals surface area contributed by atoms with E-state index in [1.807, 2.05) is 31.2 Å². The fraction of sp³-hybridized carbons (Fsp3) is 0.118. The highest BCUT2D eigenvalue weighted by molar-refractivity contribution is 14.1. The number of benzene rings is 2. The van der Waals surface area contributed by atoms with Crippen molar-refractivity contribution in [1.82, 2.24) is 10.2 Å². The highest BCUT2D eigenvalue weighted by atomic mass is 127. The summed E-state index contributed by atoms with van der Waals surface area (Å²) in [5.74, 6) is 0.455. The van der Waals surface area contributed by atoms with Crippen LogP contribution in [0.25, 0.3) is 0 Å². The first-order chi connectivity index (χ1) is 12.4. The molecule has 9 heteroatoms. The summed E-state index contributed by atoms with van der Waals surface area (Å²) in [6.45, 7) is 1.99. The van der Waals surface area contributed by atoms with Crippen molar-refractivity contribution < 1.29 is 4.79 Å². The van der Waals surface area contributed by atoms with E-state index in [0.717, 1.165) is 19.0 Å². The Balaban J connectivity index is 1.63. The molecule has 26 heavy (non-hydrogen) atoms. The molecule has 0 aliphatic heterocycles. The third kappa shape index (κ3) is 5.10. The Hall–Kier alpha value is -0.870. The third-order valence-electron chi connectivity index (χ3n) is 3.36. The maximum Gasteiger partial charge on any atom is 0.258 e. The average molecular weight is 536 g/mol. The van der Waals surface area contributed by atoms with Gasteiger partial charge < -0.3 is 0 Å². The highest BCUT2D eigenvalue weighted by Gasteiger charge is 2.13. The summed E-state index contributed by atoms with van der Waals surface area (Å²) < 4.78 is 1.65. The number of aromatic nitrogens is 2. The molecule has 0 saturated heterocycles. The zero-order chi connectivity index (χ0) is 18.7. The van der Waals surface area contributed by atoms with Gasteiger partial charge in [0.25, 0.3) is 5.91 Å². The lowest BCUT2D eigenvalue weighted by Gasteiger charge is -2.04. The average Bonchev–Trinajstić information content (AvgIpc) is 3.01. The molecule has 1 aromatic heterocycles. The molecule has 0 aliphatic rings. The van der Waals surface area contributed by atoms with Gasteiger partial charge in [0.15, 0.2) is 4.34 Å². The Morgan fingerprint density at radius 2 is 2.04 bits per heavy atom. The molecule has 1 amide bonds. The zero-order valence-corrected chi connectivity index (χ0v) is 18.7. The van der Waals surface area contributed by atoms with E-state index in [-0.39, 0.29) is 5.91 Å². The molecule has 1 N–H and O–H groups in total. The lowest BCUT2D eigenvalue weighted by atomic mass is 10.1. The highest BCUT2D eigenvalue weighted by Crippen LogP contribution is 2.31. The Labute approximate surface area is 182 Å². The second-order valence-electron chi connectivity index (χ2n) is 5.33. The molecular weight excluding hydrogens is 524 g/mol. The summed E-state index contributed by atoms with van der Waals surface area (Å²) in [5, 5.41) is 12.6. The smallest absolute Gasteiger partial charge is 0.258 e. The molecule has 0 radical (unpaired) electrons. The van der Waals surface area contributed by atoms with Gasteiger partial charge in [-0.25, -0.2) is 0 Å². The first-order valence-electron chi connectivity index (χ1n) is 7.40. The molecule has 4 nitrogen and oxygen atoms in total. The van der Waals surface area contributed by atoms with E-state index in [0.29, 0.717) is 26.5 Å². The van der Waals surface area contributed by atoms with Crippen molar-refractivity contribution in [3.63, 3.8) is 0 Å². The number of carbonyl (C=O) groups excluding carboxylic acids is 1. The monoisotopic (exact) mass is 535 g/mol. The van der Waals surface area contributed by atoms with Gasteiger partial charge in [0.1, 0.15) is 0 Å². The van der Waals surface area contributed by atoms with Gasteiger partial charge in [-0.2, -0.15) is 0 Å². The van der Waals surface area contributed by atoms with Crippen molar-refractivity contribution in [2.24, 2.45) is 0 Å². The quantitative estimate of drug-likeness (QED) is 0.236. The van der Waals surface area contributed by atoms with Crippen molar-refractivity contribution in [2.75, 3.05) is 5.32 Å². The molecular formula is C17H12Cl2IN3OS2. The lowest BCUT2D eigenvalue weighted by molar-refractivity contribution is 0.102. The molecule has 0 spiro atoms. The van der Waals surface area contributed by atoms with Crippen LogP contribution in [0.3, 0.4) is 0 Å². The molecule has 0 fully saturated rings. The summed E-state index contributed by atoms with van der Waals surface area (Å²) in [6, 6.07) is 11.1. The largest absolute Gasteiger partial charge is 0.296 e. The minimum atomic E-state index is -0.192. The van der Waals surface area contributed by atoms with Crippen LogP contribution < -0.4 is 5.32 Å². The summed E-state index contributed by atoms with van der Waals surface area (Å²) in [4.78, 5) is 12.4. The van der Waals surface area contributed by atoms with Gasteiger partial charge in [-0.3, -0.25) is 10.1 Å². The lowest BCUT2D eigenvalue weighted by Crippen LogP contribution is -2.13. The van der Waals surface area contributed by atoms with E-state index in [2.05, 4.69) is 38.1 Å². The molecule has 3 aromatic rings. The van der Waals surface area contributed by atoms with Gasteiger partial charge in [0.05, 0.1) is 5.56 Å². The van der Waals surface area contributed by atoms with Gasteiger partial charge in [0, 0.05) is 19.4 Å². The summed E-state index contributed by atoms with van der Waals surface area (Å²) in [7, 11) is 0. The van der Waals surface area contributed by atoms with Gasteiger partial charge in [0.2, 0.25) is 5.13 Å². The molecule has 0 aliphatic carbocycles. The SMILES string of the molecule is Cc1ccc(C(=O)Nc2nnc(SCc3ccc(Cl)cc3Cl)s2)c(I)c1. The number of nitrogens with zero attached hydrogens (tertiary/aromatic N) is 2. The van der Waals surface area contributed by atoms with Gasteiger partial charge >= 0.3 is 0 Å². The fourth-order valence-electron chi connectivity index (χ4n) is 2.07. The van der Waals surface area contributed by atoms with Crippen molar-refractivity contribution in [3.05, 3.63) is 66.7 Å². The van der Waals surface area contributed by atoms with Crippen molar-refractivity contribution in [3.8, 4) is 0 Å². The Bertz CT molecular complexity index is 965. The van der Waals surface area contributed by atoms with Crippen LogP contribution in [0, 0.1) is 10.5 Å². The second kappa shape index (κ2) is 8.88. The zero-order valence-electron chi connectivity index (χ0n) is 13.4. The van der Waals surface area contributed by atoms with Crippen LogP contribution in [0.4, 0.5) is 5.13 Å². The third-order valence-corrected chi connectivity index (χ3v) is 6.86. The molecule has 0 atom stereocenters. The van der Waals surface area contributed by atoms with Crippen molar-refractivity contribution in [1.29, 1.82) is 0 Å². The number of aryl methyl sites for hydroxylation is 1. The van der Waals surface area contributed by atoms with Crippen molar-refractivity contribution in [2.45, 2.75) is 17.0 Å². The topological polar surface area (TPSA) is 54.9 Å². The number of hydrogen-bond acceptors (Lipinski definition) is 5. The number of thioether (sulfide) groups is 1. The van der Waals surface area contributed by atoms with Crippen LogP contribution in [0.15, 0.2) is 40.7 Å². The minimum absolute atomic E-state index is 0.192. The molecule has 134 valence electrons. The van der Waals surface area contributed by atoms with Crippen LogP contribution in [0.1, 0.15) is 21.5 Å². The maximum absolute atomic E-state index is 12.4. The predicted octanol–water partition coefficient (Wildman–Crippen LogP) is 6.30. The van der Waals surface area contributed by atoms with Gasteiger partial charge in [-0.1, -0.05) is 64.0 Å². The summed E-state index contributed by atoms with van der Waals surface area (Å²) in [5.41, 5.74) is 2.70. The van der Waals surface area contributed by atoms with Crippen LogP contribution >= 0.6 is 68.9 Å². The second-order valence-corrected chi connectivity index (χ2v) is 9.54. The molecule has 2 aromatic carbocycles.